The molecule has 4 rings (SSSR count). The molecular weight excluding hydrogens is 470 g/mol. The molecule has 1 aromatic heterocycles. The van der Waals surface area contributed by atoms with Crippen LogP contribution >= 0.6 is 0 Å². The van der Waals surface area contributed by atoms with Gasteiger partial charge in [-0.1, -0.05) is 0 Å². The minimum atomic E-state index is -2.89. The monoisotopic (exact) mass is 500 g/mol. The second-order valence-corrected chi connectivity index (χ2v) is 8.91. The van der Waals surface area contributed by atoms with Crippen molar-refractivity contribution in [3.05, 3.63) is 59.3 Å². The van der Waals surface area contributed by atoms with Crippen LogP contribution in [-0.4, -0.2) is 66.5 Å². The van der Waals surface area contributed by atoms with Crippen LogP contribution in [0.1, 0.15) is 39.1 Å². The van der Waals surface area contributed by atoms with E-state index in [2.05, 4.69) is 10.1 Å². The van der Waals surface area contributed by atoms with Gasteiger partial charge in [-0.05, 0) is 67.6 Å². The van der Waals surface area contributed by atoms with Crippen molar-refractivity contribution in [2.24, 2.45) is 5.92 Å². The summed E-state index contributed by atoms with van der Waals surface area (Å²) >= 11 is 0. The van der Waals surface area contributed by atoms with Gasteiger partial charge >= 0.3 is 6.61 Å². The van der Waals surface area contributed by atoms with E-state index in [1.165, 1.54) is 24.3 Å². The number of aryl methyl sites for hydroxylation is 1. The first-order valence-corrected chi connectivity index (χ1v) is 11.9. The van der Waals surface area contributed by atoms with E-state index < -0.39 is 6.61 Å². The third kappa shape index (κ3) is 5.99. The van der Waals surface area contributed by atoms with E-state index in [1.54, 1.807) is 18.1 Å². The van der Waals surface area contributed by atoms with Crippen LogP contribution in [0.2, 0.25) is 0 Å². The Labute approximate surface area is 208 Å². The lowest BCUT2D eigenvalue weighted by atomic mass is 9.96. The molecule has 0 radical (unpaired) electrons. The number of nitrogens with one attached hydrogen (secondary N) is 1. The third-order valence-corrected chi connectivity index (χ3v) is 6.52. The summed E-state index contributed by atoms with van der Waals surface area (Å²) in [6.45, 7) is 1.90. The number of halogens is 2. The number of amides is 2. The highest BCUT2D eigenvalue weighted by molar-refractivity contribution is 6.00. The van der Waals surface area contributed by atoms with Gasteiger partial charge in [-0.15, -0.1) is 0 Å². The molecule has 0 atom stereocenters. The number of likely N-dealkylation sites (tertiary alicyclic amines) is 1. The highest BCUT2D eigenvalue weighted by Gasteiger charge is 2.24. The van der Waals surface area contributed by atoms with E-state index in [-0.39, 0.29) is 17.6 Å². The predicted molar refractivity (Wildman–Crippen MR) is 130 cm³/mol. The van der Waals surface area contributed by atoms with Crippen LogP contribution in [0.3, 0.4) is 0 Å². The number of rotatable bonds is 9. The van der Waals surface area contributed by atoms with Crippen LogP contribution in [-0.2, 0) is 11.3 Å². The lowest BCUT2D eigenvalue weighted by molar-refractivity contribution is -0.0498. The molecule has 2 aromatic carbocycles. The first-order valence-electron chi connectivity index (χ1n) is 11.9. The van der Waals surface area contributed by atoms with Crippen molar-refractivity contribution in [1.82, 2.24) is 20.0 Å². The number of fused-ring (bicyclic) bond motifs is 1. The van der Waals surface area contributed by atoms with Crippen molar-refractivity contribution in [2.75, 3.05) is 33.4 Å². The lowest BCUT2D eigenvalue weighted by Gasteiger charge is -2.32. The van der Waals surface area contributed by atoms with E-state index in [0.717, 1.165) is 35.9 Å². The summed E-state index contributed by atoms with van der Waals surface area (Å²) in [6, 6.07) is 9.44. The molecule has 10 heteroatoms. The molecule has 1 N–H and O–H groups in total. The fourth-order valence-corrected chi connectivity index (χ4v) is 4.53. The van der Waals surface area contributed by atoms with Crippen molar-refractivity contribution in [3.63, 3.8) is 0 Å². The second-order valence-electron chi connectivity index (χ2n) is 8.91. The molecule has 3 aromatic rings. The molecule has 1 saturated heterocycles. The highest BCUT2D eigenvalue weighted by atomic mass is 19.3. The van der Waals surface area contributed by atoms with Crippen LogP contribution in [0.5, 0.6) is 5.75 Å². The molecular formula is C26H30F2N4O4. The number of benzene rings is 2. The SMILES string of the molecule is COCCNC(=O)c1ccc2nn(CC3CCN(C(=O)c4ccc(OC(F)F)cc4)CC3)cc2c1C. The third-order valence-electron chi connectivity index (χ3n) is 6.52. The normalized spacial score (nSPS) is 14.4. The number of hydrogen-bond donors (Lipinski definition) is 1. The maximum atomic E-state index is 12.8. The Morgan fingerprint density at radius 3 is 2.53 bits per heavy atom. The van der Waals surface area contributed by atoms with Crippen LogP contribution in [0, 0.1) is 12.8 Å². The van der Waals surface area contributed by atoms with Gasteiger partial charge in [-0.3, -0.25) is 14.3 Å². The number of hydrogen-bond acceptors (Lipinski definition) is 5. The average molecular weight is 501 g/mol. The van der Waals surface area contributed by atoms with Crippen molar-refractivity contribution >= 4 is 22.7 Å². The maximum absolute atomic E-state index is 12.8. The topological polar surface area (TPSA) is 85.7 Å². The van der Waals surface area contributed by atoms with Gasteiger partial charge in [0.1, 0.15) is 5.75 Å². The standard InChI is InChI=1S/C26H30F2N4O4/c1-17-21(24(33)29-11-14-35-2)7-8-23-22(17)16-32(30-23)15-18-9-12-31(13-10-18)25(34)19-3-5-20(6-4-19)36-26(27)28/h3-8,16,18,26H,9-15H2,1-2H3,(H,29,33). The quantitative estimate of drug-likeness (QED) is 0.451. The molecule has 0 spiro atoms. The van der Waals surface area contributed by atoms with Crippen LogP contribution in [0.15, 0.2) is 42.6 Å². The van der Waals surface area contributed by atoms with Gasteiger partial charge in [0, 0.05) is 56.0 Å². The zero-order valence-electron chi connectivity index (χ0n) is 20.4. The Morgan fingerprint density at radius 1 is 1.14 bits per heavy atom. The molecule has 8 nitrogen and oxygen atoms in total. The predicted octanol–water partition coefficient (Wildman–Crippen LogP) is 3.87. The fourth-order valence-electron chi connectivity index (χ4n) is 4.53. The van der Waals surface area contributed by atoms with Gasteiger partial charge in [0.2, 0.25) is 0 Å². The highest BCUT2D eigenvalue weighted by Crippen LogP contribution is 2.25. The molecule has 0 unspecified atom stereocenters. The summed E-state index contributed by atoms with van der Waals surface area (Å²) < 4.78 is 35.9. The number of carbonyl (C=O) groups is 2. The first-order chi connectivity index (χ1) is 17.4. The molecule has 1 fully saturated rings. The maximum Gasteiger partial charge on any atom is 0.387 e. The average Bonchev–Trinajstić information content (AvgIpc) is 3.28. The lowest BCUT2D eigenvalue weighted by Crippen LogP contribution is -2.39. The zero-order valence-corrected chi connectivity index (χ0v) is 20.4. The molecule has 192 valence electrons. The van der Waals surface area contributed by atoms with E-state index in [0.29, 0.717) is 43.3 Å². The number of ether oxygens (including phenoxy) is 2. The Balaban J connectivity index is 1.34. The van der Waals surface area contributed by atoms with Gasteiger partial charge in [0.15, 0.2) is 0 Å². The number of piperidine rings is 1. The smallest absolute Gasteiger partial charge is 0.387 e. The molecule has 0 bridgehead atoms. The fraction of sp³-hybridized carbons (Fsp3) is 0.423. The molecule has 36 heavy (non-hydrogen) atoms. The summed E-state index contributed by atoms with van der Waals surface area (Å²) in [5.41, 5.74) is 2.80. The number of nitrogens with zero attached hydrogens (tertiary/aromatic N) is 3. The number of methoxy groups -OCH3 is 1. The summed E-state index contributed by atoms with van der Waals surface area (Å²) in [4.78, 5) is 27.1. The van der Waals surface area contributed by atoms with E-state index in [4.69, 9.17) is 9.84 Å². The summed E-state index contributed by atoms with van der Waals surface area (Å²) in [7, 11) is 1.59. The van der Waals surface area contributed by atoms with Crippen LogP contribution in [0.4, 0.5) is 8.78 Å². The Bertz CT molecular complexity index is 1200. The van der Waals surface area contributed by atoms with Crippen molar-refractivity contribution in [1.29, 1.82) is 0 Å². The van der Waals surface area contributed by atoms with E-state index in [1.807, 2.05) is 23.9 Å². The minimum Gasteiger partial charge on any atom is -0.435 e. The van der Waals surface area contributed by atoms with Gasteiger partial charge in [0.25, 0.3) is 11.8 Å². The largest absolute Gasteiger partial charge is 0.435 e. The van der Waals surface area contributed by atoms with Crippen LogP contribution in [0.25, 0.3) is 10.9 Å². The first kappa shape index (κ1) is 25.6. The van der Waals surface area contributed by atoms with Gasteiger partial charge in [-0.2, -0.15) is 13.9 Å². The van der Waals surface area contributed by atoms with Crippen LogP contribution < -0.4 is 10.1 Å². The molecule has 1 aliphatic heterocycles. The molecule has 2 amide bonds. The minimum absolute atomic E-state index is 0.0287. The molecule has 1 aliphatic rings. The second kappa shape index (κ2) is 11.5. The Morgan fingerprint density at radius 2 is 1.86 bits per heavy atom. The van der Waals surface area contributed by atoms with Crippen molar-refractivity contribution in [2.45, 2.75) is 32.9 Å². The van der Waals surface area contributed by atoms with Crippen molar-refractivity contribution < 1.29 is 27.8 Å². The Kier molecular flexibility index (Phi) is 8.14. The number of aromatic nitrogens is 2. The van der Waals surface area contributed by atoms with Gasteiger partial charge in [-0.25, -0.2) is 0 Å². The van der Waals surface area contributed by atoms with Gasteiger partial charge < -0.3 is 19.7 Å². The molecule has 0 saturated carbocycles. The number of alkyl halides is 2. The Hall–Kier alpha value is -3.53. The molecule has 2 heterocycles. The molecule has 0 aliphatic carbocycles. The van der Waals surface area contributed by atoms with E-state index >= 15 is 0 Å². The summed E-state index contributed by atoms with van der Waals surface area (Å²) in [5.74, 6) is 0.143. The summed E-state index contributed by atoms with van der Waals surface area (Å²) in [5, 5.41) is 8.49. The summed E-state index contributed by atoms with van der Waals surface area (Å²) in [6.07, 6.45) is 3.65. The zero-order chi connectivity index (χ0) is 25.7. The van der Waals surface area contributed by atoms with E-state index in [9.17, 15) is 18.4 Å². The number of carbonyl (C=O) groups excluding carboxylic acids is 2. The van der Waals surface area contributed by atoms with Crippen molar-refractivity contribution in [3.8, 4) is 5.75 Å². The van der Waals surface area contributed by atoms with Gasteiger partial charge in [0.05, 0.1) is 12.1 Å².